The van der Waals surface area contributed by atoms with Gasteiger partial charge in [-0.05, 0) is 49.8 Å². The van der Waals surface area contributed by atoms with E-state index in [2.05, 4.69) is 34.6 Å². The molecule has 2 heterocycles. The third-order valence-corrected chi connectivity index (χ3v) is 4.96. The number of urea groups is 1. The maximum atomic E-state index is 12.4. The second-order valence-electron chi connectivity index (χ2n) is 6.77. The van der Waals surface area contributed by atoms with E-state index in [-0.39, 0.29) is 18.1 Å². The molecular formula is C20H25N3O2. The molecule has 1 fully saturated rings. The molecule has 0 saturated carbocycles. The first-order chi connectivity index (χ1) is 12.0. The van der Waals surface area contributed by atoms with Crippen LogP contribution in [0.3, 0.4) is 0 Å². The van der Waals surface area contributed by atoms with E-state index in [0.717, 1.165) is 37.2 Å². The van der Waals surface area contributed by atoms with E-state index in [1.807, 2.05) is 30.9 Å². The van der Waals surface area contributed by atoms with E-state index in [4.69, 9.17) is 0 Å². The molecule has 1 saturated heterocycles. The lowest BCUT2D eigenvalue weighted by Crippen LogP contribution is -2.44. The third kappa shape index (κ3) is 4.10. The van der Waals surface area contributed by atoms with Crippen molar-refractivity contribution in [2.75, 3.05) is 13.1 Å². The Morgan fingerprint density at radius 2 is 1.88 bits per heavy atom. The minimum atomic E-state index is -0.124. The van der Waals surface area contributed by atoms with Crippen molar-refractivity contribution in [3.63, 3.8) is 0 Å². The van der Waals surface area contributed by atoms with Crippen LogP contribution in [-0.4, -0.2) is 29.0 Å². The summed E-state index contributed by atoms with van der Waals surface area (Å²) in [5, 5.41) is 2.89. The lowest BCUT2D eigenvalue weighted by molar-refractivity contribution is 0.181. The summed E-state index contributed by atoms with van der Waals surface area (Å²) in [7, 11) is 0. The van der Waals surface area contributed by atoms with E-state index in [1.54, 1.807) is 0 Å². The van der Waals surface area contributed by atoms with Gasteiger partial charge in [-0.3, -0.25) is 4.79 Å². The molecule has 0 unspecified atom stereocenters. The van der Waals surface area contributed by atoms with Gasteiger partial charge in [0, 0.05) is 24.3 Å². The first-order valence-corrected chi connectivity index (χ1v) is 8.81. The van der Waals surface area contributed by atoms with Crippen molar-refractivity contribution in [3.8, 4) is 0 Å². The molecule has 0 spiro atoms. The smallest absolute Gasteiger partial charge is 0.317 e. The zero-order valence-electron chi connectivity index (χ0n) is 14.8. The zero-order valence-corrected chi connectivity index (χ0v) is 14.8. The number of benzene rings is 1. The Bertz CT molecular complexity index is 790. The average molecular weight is 339 g/mol. The Morgan fingerprint density at radius 3 is 2.52 bits per heavy atom. The second kappa shape index (κ2) is 7.55. The number of nitrogens with zero attached hydrogens (tertiary/aromatic N) is 1. The first kappa shape index (κ1) is 17.3. The molecule has 0 radical (unpaired) electrons. The van der Waals surface area contributed by atoms with Gasteiger partial charge in [-0.1, -0.05) is 30.3 Å². The summed E-state index contributed by atoms with van der Waals surface area (Å²) in [4.78, 5) is 29.1. The maximum absolute atomic E-state index is 12.4. The fourth-order valence-corrected chi connectivity index (χ4v) is 3.52. The van der Waals surface area contributed by atoms with Gasteiger partial charge in [-0.15, -0.1) is 0 Å². The molecule has 2 aromatic rings. The number of nitrogens with one attached hydrogen (secondary N) is 2. The van der Waals surface area contributed by atoms with Crippen LogP contribution in [0.15, 0.2) is 41.2 Å². The molecule has 132 valence electrons. The molecule has 0 bridgehead atoms. The van der Waals surface area contributed by atoms with E-state index in [0.29, 0.717) is 11.5 Å². The largest absolute Gasteiger partial charge is 0.334 e. The zero-order chi connectivity index (χ0) is 17.8. The van der Waals surface area contributed by atoms with Crippen LogP contribution in [0.25, 0.3) is 0 Å². The molecule has 1 aliphatic rings. The molecule has 1 aromatic heterocycles. The highest BCUT2D eigenvalue weighted by Crippen LogP contribution is 2.27. The summed E-state index contributed by atoms with van der Waals surface area (Å²) in [5.41, 5.74) is 3.59. The van der Waals surface area contributed by atoms with E-state index in [9.17, 15) is 9.59 Å². The van der Waals surface area contributed by atoms with Gasteiger partial charge in [0.05, 0.1) is 6.54 Å². The van der Waals surface area contributed by atoms with Crippen molar-refractivity contribution in [1.29, 1.82) is 0 Å². The number of hydrogen-bond donors (Lipinski definition) is 2. The number of H-pyrrole nitrogens is 1. The van der Waals surface area contributed by atoms with Crippen LogP contribution in [-0.2, 0) is 6.54 Å². The van der Waals surface area contributed by atoms with Crippen LogP contribution in [0, 0.1) is 13.8 Å². The van der Waals surface area contributed by atoms with Crippen molar-refractivity contribution in [3.05, 3.63) is 69.1 Å². The Balaban J connectivity index is 1.54. The highest BCUT2D eigenvalue weighted by atomic mass is 16.2. The number of aryl methyl sites for hydroxylation is 2. The predicted molar refractivity (Wildman–Crippen MR) is 98.8 cm³/mol. The molecule has 25 heavy (non-hydrogen) atoms. The standard InChI is InChI=1S/C20H25N3O2/c1-14-12-15(2)22-19(24)18(14)13-21-20(25)23-10-8-17(9-11-23)16-6-4-3-5-7-16/h3-7,12,17H,8-11,13H2,1-2H3,(H,21,25)(H,22,24). The van der Waals surface area contributed by atoms with E-state index < -0.39 is 0 Å². The second-order valence-corrected chi connectivity index (χ2v) is 6.77. The van der Waals surface area contributed by atoms with Gasteiger partial charge in [-0.2, -0.15) is 0 Å². The molecule has 5 heteroatoms. The molecule has 1 aliphatic heterocycles. The van der Waals surface area contributed by atoms with Gasteiger partial charge < -0.3 is 15.2 Å². The Hall–Kier alpha value is -2.56. The predicted octanol–water partition coefficient (Wildman–Crippen LogP) is 3.08. The van der Waals surface area contributed by atoms with Crippen molar-refractivity contribution >= 4 is 6.03 Å². The molecular weight excluding hydrogens is 314 g/mol. The van der Waals surface area contributed by atoms with Crippen LogP contribution in [0.1, 0.15) is 41.1 Å². The third-order valence-electron chi connectivity index (χ3n) is 4.96. The van der Waals surface area contributed by atoms with E-state index in [1.165, 1.54) is 5.56 Å². The van der Waals surface area contributed by atoms with Gasteiger partial charge in [-0.25, -0.2) is 4.79 Å². The van der Waals surface area contributed by atoms with Crippen molar-refractivity contribution in [2.45, 2.75) is 39.2 Å². The summed E-state index contributed by atoms with van der Waals surface area (Å²) in [6, 6.07) is 12.3. The SMILES string of the molecule is Cc1cc(C)c(CNC(=O)N2CCC(c3ccccc3)CC2)c(=O)[nH]1. The quantitative estimate of drug-likeness (QED) is 0.902. The van der Waals surface area contributed by atoms with Crippen LogP contribution < -0.4 is 10.9 Å². The number of amides is 2. The number of carbonyl (C=O) groups is 1. The molecule has 5 nitrogen and oxygen atoms in total. The Morgan fingerprint density at radius 1 is 1.20 bits per heavy atom. The van der Waals surface area contributed by atoms with Gasteiger partial charge in [0.2, 0.25) is 0 Å². The minimum Gasteiger partial charge on any atom is -0.334 e. The lowest BCUT2D eigenvalue weighted by atomic mass is 9.90. The summed E-state index contributed by atoms with van der Waals surface area (Å²) in [5.74, 6) is 0.521. The molecule has 1 aromatic carbocycles. The van der Waals surface area contributed by atoms with Crippen molar-refractivity contribution < 1.29 is 4.79 Å². The number of carbonyl (C=O) groups excluding carboxylic acids is 1. The van der Waals surface area contributed by atoms with Gasteiger partial charge in [0.15, 0.2) is 0 Å². The maximum Gasteiger partial charge on any atom is 0.317 e. The molecule has 0 atom stereocenters. The fourth-order valence-electron chi connectivity index (χ4n) is 3.52. The van der Waals surface area contributed by atoms with Gasteiger partial charge in [0.1, 0.15) is 0 Å². The average Bonchev–Trinajstić information content (AvgIpc) is 2.61. The highest BCUT2D eigenvalue weighted by molar-refractivity contribution is 5.74. The summed E-state index contributed by atoms with van der Waals surface area (Å²) >= 11 is 0. The number of hydrogen-bond acceptors (Lipinski definition) is 2. The minimum absolute atomic E-state index is 0.0918. The monoisotopic (exact) mass is 339 g/mol. The highest BCUT2D eigenvalue weighted by Gasteiger charge is 2.23. The molecule has 2 N–H and O–H groups in total. The van der Waals surface area contributed by atoms with Crippen LogP contribution in [0.5, 0.6) is 0 Å². The van der Waals surface area contributed by atoms with Crippen molar-refractivity contribution in [1.82, 2.24) is 15.2 Å². The summed E-state index contributed by atoms with van der Waals surface area (Å²) in [6.07, 6.45) is 1.95. The number of piperidine rings is 1. The lowest BCUT2D eigenvalue weighted by Gasteiger charge is -2.32. The number of pyridine rings is 1. The topological polar surface area (TPSA) is 65.2 Å². The molecule has 0 aliphatic carbocycles. The van der Waals surface area contributed by atoms with Gasteiger partial charge in [0.25, 0.3) is 5.56 Å². The Labute approximate surface area is 148 Å². The number of rotatable bonds is 3. The van der Waals surface area contributed by atoms with Crippen LogP contribution >= 0.6 is 0 Å². The number of likely N-dealkylation sites (tertiary alicyclic amines) is 1. The number of aromatic amines is 1. The fraction of sp³-hybridized carbons (Fsp3) is 0.400. The Kier molecular flexibility index (Phi) is 5.22. The van der Waals surface area contributed by atoms with E-state index >= 15 is 0 Å². The molecule has 3 rings (SSSR count). The first-order valence-electron chi connectivity index (χ1n) is 8.81. The summed E-state index contributed by atoms with van der Waals surface area (Å²) < 4.78 is 0. The van der Waals surface area contributed by atoms with Crippen LogP contribution in [0.4, 0.5) is 4.79 Å². The number of aromatic nitrogens is 1. The van der Waals surface area contributed by atoms with Crippen LogP contribution in [0.2, 0.25) is 0 Å². The van der Waals surface area contributed by atoms with Crippen molar-refractivity contribution in [2.24, 2.45) is 0 Å². The summed E-state index contributed by atoms with van der Waals surface area (Å²) in [6.45, 7) is 5.50. The normalized spacial score (nSPS) is 15.2. The van der Waals surface area contributed by atoms with Gasteiger partial charge >= 0.3 is 6.03 Å². The molecule has 2 amide bonds.